The Hall–Kier alpha value is -2.59. The fraction of sp³-hybridized carbons (Fsp3) is 0.250. The van der Waals surface area contributed by atoms with Gasteiger partial charge in [-0.25, -0.2) is 4.68 Å². The largest absolute Gasteiger partial charge is 0.366 e. The molecule has 0 atom stereocenters. The lowest BCUT2D eigenvalue weighted by Gasteiger charge is -2.35. The third-order valence-corrected chi connectivity index (χ3v) is 4.48. The number of anilines is 1. The molecule has 4 nitrogen and oxygen atoms in total. The maximum atomic E-state index is 4.45. The van der Waals surface area contributed by atoms with Crippen LogP contribution >= 0.6 is 0 Å². The maximum absolute atomic E-state index is 4.45. The number of piperazine rings is 1. The van der Waals surface area contributed by atoms with Crippen LogP contribution in [0.25, 0.3) is 5.69 Å². The van der Waals surface area contributed by atoms with E-state index < -0.39 is 0 Å². The highest BCUT2D eigenvalue weighted by Gasteiger charge is 2.18. The lowest BCUT2D eigenvalue weighted by atomic mass is 10.2. The van der Waals surface area contributed by atoms with E-state index in [0.717, 1.165) is 44.1 Å². The fourth-order valence-electron chi connectivity index (χ4n) is 3.12. The number of hydrogen-bond donors (Lipinski definition) is 0. The van der Waals surface area contributed by atoms with Crippen molar-refractivity contribution in [3.05, 3.63) is 78.6 Å². The van der Waals surface area contributed by atoms with Crippen LogP contribution in [0.15, 0.2) is 66.9 Å². The van der Waals surface area contributed by atoms with Crippen molar-refractivity contribution in [3.63, 3.8) is 0 Å². The Morgan fingerprint density at radius 3 is 2.21 bits per heavy atom. The van der Waals surface area contributed by atoms with Gasteiger partial charge >= 0.3 is 0 Å². The zero-order valence-corrected chi connectivity index (χ0v) is 13.7. The molecule has 0 saturated carbocycles. The number of para-hydroxylation sites is 1. The van der Waals surface area contributed by atoms with E-state index in [-0.39, 0.29) is 0 Å². The molecule has 4 heteroatoms. The SMILES string of the molecule is [c]1c(N2CCN(Cc3ccccc3)CC2)cnn1-c1ccccc1. The van der Waals surface area contributed by atoms with Crippen LogP contribution in [0.3, 0.4) is 0 Å². The molecule has 1 aliphatic rings. The maximum Gasteiger partial charge on any atom is 0.118 e. The number of benzene rings is 2. The van der Waals surface area contributed by atoms with Crippen molar-refractivity contribution < 1.29 is 0 Å². The van der Waals surface area contributed by atoms with E-state index in [0.29, 0.717) is 0 Å². The van der Waals surface area contributed by atoms with Crippen LogP contribution in [0.5, 0.6) is 0 Å². The molecular weight excluding hydrogens is 296 g/mol. The topological polar surface area (TPSA) is 24.3 Å². The highest BCUT2D eigenvalue weighted by atomic mass is 15.3. The molecule has 121 valence electrons. The van der Waals surface area contributed by atoms with E-state index in [1.54, 1.807) is 0 Å². The summed E-state index contributed by atoms with van der Waals surface area (Å²) in [7, 11) is 0. The highest BCUT2D eigenvalue weighted by molar-refractivity contribution is 5.44. The number of aromatic nitrogens is 2. The standard InChI is InChI=1S/C20H21N4/c1-3-7-18(8-4-1)16-22-11-13-23(14-12-22)20-15-21-24(17-20)19-9-5-2-6-10-19/h1-10,15H,11-14,16H2. The molecular formula is C20H21N4. The Bertz CT molecular complexity index is 759. The minimum Gasteiger partial charge on any atom is -0.366 e. The average molecular weight is 317 g/mol. The molecule has 1 saturated heterocycles. The summed E-state index contributed by atoms with van der Waals surface area (Å²) in [5.74, 6) is 0. The molecule has 1 fully saturated rings. The highest BCUT2D eigenvalue weighted by Crippen LogP contribution is 2.18. The molecule has 1 radical (unpaired) electrons. The van der Waals surface area contributed by atoms with Gasteiger partial charge in [-0.15, -0.1) is 0 Å². The zero-order valence-electron chi connectivity index (χ0n) is 13.7. The monoisotopic (exact) mass is 317 g/mol. The van der Waals surface area contributed by atoms with Gasteiger partial charge in [0, 0.05) is 32.7 Å². The van der Waals surface area contributed by atoms with Gasteiger partial charge in [0.1, 0.15) is 6.20 Å². The van der Waals surface area contributed by atoms with Gasteiger partial charge in [-0.3, -0.25) is 4.90 Å². The van der Waals surface area contributed by atoms with E-state index in [9.17, 15) is 0 Å². The van der Waals surface area contributed by atoms with Crippen molar-refractivity contribution in [2.75, 3.05) is 31.1 Å². The summed E-state index contributed by atoms with van der Waals surface area (Å²) in [6.45, 7) is 5.20. The lowest BCUT2D eigenvalue weighted by molar-refractivity contribution is 0.250. The van der Waals surface area contributed by atoms with Crippen LogP contribution in [0.1, 0.15) is 5.56 Å². The van der Waals surface area contributed by atoms with Crippen molar-refractivity contribution in [1.82, 2.24) is 14.7 Å². The molecule has 2 aromatic carbocycles. The second kappa shape index (κ2) is 6.89. The van der Waals surface area contributed by atoms with Crippen LogP contribution < -0.4 is 4.90 Å². The van der Waals surface area contributed by atoms with Crippen LogP contribution in [0.2, 0.25) is 0 Å². The van der Waals surface area contributed by atoms with Crippen LogP contribution in [-0.4, -0.2) is 40.9 Å². The molecule has 1 aromatic heterocycles. The molecule has 1 aliphatic heterocycles. The summed E-state index contributed by atoms with van der Waals surface area (Å²) in [5, 5.41) is 4.45. The van der Waals surface area contributed by atoms with Crippen molar-refractivity contribution in [3.8, 4) is 5.69 Å². The second-order valence-corrected chi connectivity index (χ2v) is 6.14. The molecule has 0 bridgehead atoms. The Morgan fingerprint density at radius 2 is 1.50 bits per heavy atom. The first-order chi connectivity index (χ1) is 11.9. The average Bonchev–Trinajstić information content (AvgIpc) is 3.14. The number of nitrogens with zero attached hydrogens (tertiary/aromatic N) is 4. The molecule has 0 spiro atoms. The van der Waals surface area contributed by atoms with Crippen LogP contribution in [0.4, 0.5) is 5.69 Å². The molecule has 3 aromatic rings. The summed E-state index contributed by atoms with van der Waals surface area (Å²) in [6, 6.07) is 20.8. The van der Waals surface area contributed by atoms with Crippen LogP contribution in [0, 0.1) is 6.20 Å². The van der Waals surface area contributed by atoms with Gasteiger partial charge in [0.05, 0.1) is 17.6 Å². The molecule has 24 heavy (non-hydrogen) atoms. The third-order valence-electron chi connectivity index (χ3n) is 4.48. The van der Waals surface area contributed by atoms with E-state index in [1.807, 2.05) is 41.2 Å². The summed E-state index contributed by atoms with van der Waals surface area (Å²) < 4.78 is 1.83. The first kappa shape index (κ1) is 15.0. The van der Waals surface area contributed by atoms with Crippen molar-refractivity contribution in [2.45, 2.75) is 6.54 Å². The normalized spacial score (nSPS) is 15.6. The number of hydrogen-bond acceptors (Lipinski definition) is 3. The summed E-state index contributed by atoms with van der Waals surface area (Å²) in [6.07, 6.45) is 5.29. The quantitative estimate of drug-likeness (QED) is 0.739. The molecule has 4 rings (SSSR count). The summed E-state index contributed by atoms with van der Waals surface area (Å²) in [4.78, 5) is 4.88. The fourth-order valence-corrected chi connectivity index (χ4v) is 3.12. The summed E-state index contributed by atoms with van der Waals surface area (Å²) >= 11 is 0. The first-order valence-corrected chi connectivity index (χ1v) is 8.42. The van der Waals surface area contributed by atoms with Gasteiger partial charge in [0.15, 0.2) is 0 Å². The van der Waals surface area contributed by atoms with Crippen molar-refractivity contribution in [2.24, 2.45) is 0 Å². The Balaban J connectivity index is 1.37. The molecule has 0 aliphatic carbocycles. The zero-order chi connectivity index (χ0) is 16.2. The predicted molar refractivity (Wildman–Crippen MR) is 96.3 cm³/mol. The molecule has 0 unspecified atom stereocenters. The van der Waals surface area contributed by atoms with E-state index in [1.165, 1.54) is 5.56 Å². The smallest absolute Gasteiger partial charge is 0.118 e. The van der Waals surface area contributed by atoms with Crippen molar-refractivity contribution >= 4 is 5.69 Å². The van der Waals surface area contributed by atoms with E-state index >= 15 is 0 Å². The van der Waals surface area contributed by atoms with E-state index in [4.69, 9.17) is 0 Å². The van der Waals surface area contributed by atoms with Gasteiger partial charge in [0.25, 0.3) is 0 Å². The molecule has 0 amide bonds. The van der Waals surface area contributed by atoms with E-state index in [2.05, 4.69) is 51.4 Å². The lowest BCUT2D eigenvalue weighted by Crippen LogP contribution is -2.45. The predicted octanol–water partition coefficient (Wildman–Crippen LogP) is 2.99. The van der Waals surface area contributed by atoms with Crippen LogP contribution in [-0.2, 0) is 6.54 Å². The van der Waals surface area contributed by atoms with Gasteiger partial charge in [-0.2, -0.15) is 5.10 Å². The molecule has 2 heterocycles. The Morgan fingerprint density at radius 1 is 0.833 bits per heavy atom. The van der Waals surface area contributed by atoms with Crippen molar-refractivity contribution in [1.29, 1.82) is 0 Å². The Kier molecular flexibility index (Phi) is 4.30. The van der Waals surface area contributed by atoms with Gasteiger partial charge in [-0.05, 0) is 17.7 Å². The minimum atomic E-state index is 1.02. The second-order valence-electron chi connectivity index (χ2n) is 6.14. The third kappa shape index (κ3) is 3.34. The van der Waals surface area contributed by atoms with Gasteiger partial charge < -0.3 is 4.90 Å². The molecule has 0 N–H and O–H groups in total. The van der Waals surface area contributed by atoms with Gasteiger partial charge in [-0.1, -0.05) is 48.5 Å². The minimum absolute atomic E-state index is 1.02. The Labute approximate surface area is 142 Å². The summed E-state index contributed by atoms with van der Waals surface area (Å²) in [5.41, 5.74) is 3.51. The number of rotatable bonds is 4. The first-order valence-electron chi connectivity index (χ1n) is 8.42. The van der Waals surface area contributed by atoms with Gasteiger partial charge in [0.2, 0.25) is 0 Å².